The van der Waals surface area contributed by atoms with Crippen molar-refractivity contribution in [1.82, 2.24) is 9.55 Å². The van der Waals surface area contributed by atoms with Gasteiger partial charge in [0.25, 0.3) is 0 Å². The molecule has 0 saturated heterocycles. The van der Waals surface area contributed by atoms with E-state index >= 15 is 0 Å². The molecule has 0 amide bonds. The second-order valence-corrected chi connectivity index (χ2v) is 7.25. The largest absolute Gasteiger partial charge is 0.317 e. The molecule has 1 heterocycles. The first kappa shape index (κ1) is 18.5. The van der Waals surface area contributed by atoms with E-state index in [9.17, 15) is 4.79 Å². The molecule has 0 N–H and O–H groups in total. The van der Waals surface area contributed by atoms with Gasteiger partial charge in [0.2, 0.25) is 5.78 Å². The maximum Gasteiger partial charge on any atom is 0.228 e. The van der Waals surface area contributed by atoms with E-state index in [0.717, 1.165) is 16.8 Å². The average Bonchev–Trinajstić information content (AvgIpc) is 3.13. The van der Waals surface area contributed by atoms with Crippen molar-refractivity contribution >= 4 is 29.0 Å². The van der Waals surface area contributed by atoms with Gasteiger partial charge < -0.3 is 4.57 Å². The molecule has 0 bridgehead atoms. The number of imidazole rings is 1. The average molecular weight is 407 g/mol. The Bertz CT molecular complexity index is 1100. The van der Waals surface area contributed by atoms with Gasteiger partial charge >= 0.3 is 0 Å². The number of carbonyl (C=O) groups is 1. The highest BCUT2D eigenvalue weighted by Gasteiger charge is 2.20. The van der Waals surface area contributed by atoms with E-state index in [0.29, 0.717) is 28.0 Å². The number of halogens is 2. The summed E-state index contributed by atoms with van der Waals surface area (Å²) in [6.45, 7) is 0.535. The van der Waals surface area contributed by atoms with Crippen LogP contribution in [0.4, 0.5) is 0 Å². The fraction of sp³-hybridized carbons (Fsp3) is 0.0435. The Morgan fingerprint density at radius 3 is 2.07 bits per heavy atom. The molecule has 0 atom stereocenters. The van der Waals surface area contributed by atoms with Gasteiger partial charge in [-0.05, 0) is 47.5 Å². The van der Waals surface area contributed by atoms with E-state index in [1.807, 2.05) is 59.2 Å². The minimum Gasteiger partial charge on any atom is -0.317 e. The van der Waals surface area contributed by atoms with Crippen LogP contribution in [0.3, 0.4) is 0 Å². The molecule has 3 aromatic carbocycles. The van der Waals surface area contributed by atoms with Crippen LogP contribution in [-0.4, -0.2) is 15.3 Å². The lowest BCUT2D eigenvalue weighted by Crippen LogP contribution is -2.13. The zero-order valence-corrected chi connectivity index (χ0v) is 16.4. The van der Waals surface area contributed by atoms with Gasteiger partial charge in [-0.3, -0.25) is 4.79 Å². The van der Waals surface area contributed by atoms with Gasteiger partial charge in [0.1, 0.15) is 0 Å². The molecule has 28 heavy (non-hydrogen) atoms. The summed E-state index contributed by atoms with van der Waals surface area (Å²) in [7, 11) is 0. The predicted molar refractivity (Wildman–Crippen MR) is 113 cm³/mol. The van der Waals surface area contributed by atoms with Gasteiger partial charge in [-0.1, -0.05) is 65.7 Å². The third kappa shape index (κ3) is 3.86. The first-order valence-electron chi connectivity index (χ1n) is 8.77. The molecule has 0 unspecified atom stereocenters. The summed E-state index contributed by atoms with van der Waals surface area (Å²) in [5.41, 5.74) is 3.44. The number of aromatic nitrogens is 2. The third-order valence-electron chi connectivity index (χ3n) is 4.49. The highest BCUT2D eigenvalue weighted by atomic mass is 35.5. The van der Waals surface area contributed by atoms with Crippen LogP contribution in [0.1, 0.15) is 21.7 Å². The fourth-order valence-corrected chi connectivity index (χ4v) is 3.32. The summed E-state index contributed by atoms with van der Waals surface area (Å²) in [5.74, 6) is 0.240. The molecule has 4 rings (SSSR count). The van der Waals surface area contributed by atoms with Gasteiger partial charge in [0.05, 0.1) is 11.9 Å². The van der Waals surface area contributed by atoms with Crippen molar-refractivity contribution in [2.45, 2.75) is 6.54 Å². The minimum absolute atomic E-state index is 0.146. The van der Waals surface area contributed by atoms with Crippen molar-refractivity contribution in [1.29, 1.82) is 0 Å². The molecule has 3 nitrogen and oxygen atoms in total. The normalized spacial score (nSPS) is 10.8. The smallest absolute Gasteiger partial charge is 0.228 e. The summed E-state index contributed by atoms with van der Waals surface area (Å²) < 4.78 is 1.94. The molecule has 1 aromatic heterocycles. The molecule has 0 aliphatic heterocycles. The lowest BCUT2D eigenvalue weighted by molar-refractivity contribution is 0.102. The quantitative estimate of drug-likeness (QED) is 0.373. The van der Waals surface area contributed by atoms with Gasteiger partial charge in [-0.2, -0.15) is 0 Å². The zero-order valence-electron chi connectivity index (χ0n) is 14.8. The topological polar surface area (TPSA) is 34.9 Å². The third-order valence-corrected chi connectivity index (χ3v) is 4.99. The second-order valence-electron chi connectivity index (χ2n) is 6.38. The molecular weight excluding hydrogens is 391 g/mol. The van der Waals surface area contributed by atoms with Crippen LogP contribution < -0.4 is 0 Å². The summed E-state index contributed by atoms with van der Waals surface area (Å²) in [4.78, 5) is 17.6. The first-order valence-corrected chi connectivity index (χ1v) is 9.53. The fourth-order valence-electron chi connectivity index (χ4n) is 3.06. The van der Waals surface area contributed by atoms with E-state index in [1.54, 1.807) is 30.5 Å². The van der Waals surface area contributed by atoms with Crippen LogP contribution in [0, 0.1) is 0 Å². The number of benzene rings is 3. The molecule has 0 aliphatic rings. The van der Waals surface area contributed by atoms with Crippen LogP contribution in [0.15, 0.2) is 85.1 Å². The standard InChI is InChI=1S/C23H16Cl2N2O/c24-19-10-6-17(7-11-19)21-14-26-23(22(28)18-8-12-20(25)13-9-18)27(21)15-16-4-2-1-3-5-16/h1-14H,15H2. The summed E-state index contributed by atoms with van der Waals surface area (Å²) in [6, 6.07) is 24.4. The number of hydrogen-bond donors (Lipinski definition) is 0. The Labute approximate surface area is 173 Å². The Kier molecular flexibility index (Phi) is 5.29. The van der Waals surface area contributed by atoms with Gasteiger partial charge in [0, 0.05) is 22.2 Å². The molecule has 0 aliphatic carbocycles. The van der Waals surface area contributed by atoms with Crippen molar-refractivity contribution in [2.24, 2.45) is 0 Å². The molecule has 4 aromatic rings. The monoisotopic (exact) mass is 406 g/mol. The summed E-state index contributed by atoms with van der Waals surface area (Å²) in [5, 5.41) is 1.25. The van der Waals surface area contributed by atoms with Crippen LogP contribution >= 0.6 is 23.2 Å². The first-order chi connectivity index (χ1) is 13.6. The van der Waals surface area contributed by atoms with E-state index < -0.39 is 0 Å². The van der Waals surface area contributed by atoms with Crippen molar-refractivity contribution < 1.29 is 4.79 Å². The Morgan fingerprint density at radius 2 is 1.43 bits per heavy atom. The van der Waals surface area contributed by atoms with E-state index in [2.05, 4.69) is 4.98 Å². The Morgan fingerprint density at radius 1 is 0.821 bits per heavy atom. The van der Waals surface area contributed by atoms with Gasteiger partial charge in [-0.15, -0.1) is 0 Å². The van der Waals surface area contributed by atoms with Crippen molar-refractivity contribution in [3.05, 3.63) is 112 Å². The van der Waals surface area contributed by atoms with Crippen LogP contribution in [0.2, 0.25) is 10.0 Å². The maximum absolute atomic E-state index is 13.1. The maximum atomic E-state index is 13.1. The van der Waals surface area contributed by atoms with Crippen molar-refractivity contribution in [2.75, 3.05) is 0 Å². The number of hydrogen-bond acceptors (Lipinski definition) is 2. The minimum atomic E-state index is -0.146. The number of rotatable bonds is 5. The lowest BCUT2D eigenvalue weighted by atomic mass is 10.1. The number of carbonyl (C=O) groups excluding carboxylic acids is 1. The Hall–Kier alpha value is -2.88. The molecule has 0 saturated carbocycles. The molecule has 5 heteroatoms. The summed E-state index contributed by atoms with van der Waals surface area (Å²) in [6.07, 6.45) is 1.73. The highest BCUT2D eigenvalue weighted by molar-refractivity contribution is 6.31. The molecule has 0 fully saturated rings. The van der Waals surface area contributed by atoms with Gasteiger partial charge in [0.15, 0.2) is 5.82 Å². The van der Waals surface area contributed by atoms with Crippen LogP contribution in [0.5, 0.6) is 0 Å². The zero-order chi connectivity index (χ0) is 19.5. The Balaban J connectivity index is 1.80. The molecule has 0 radical (unpaired) electrons. The van der Waals surface area contributed by atoms with E-state index in [1.165, 1.54) is 0 Å². The summed E-state index contributed by atoms with van der Waals surface area (Å²) >= 11 is 12.0. The van der Waals surface area contributed by atoms with E-state index in [-0.39, 0.29) is 5.78 Å². The van der Waals surface area contributed by atoms with Crippen molar-refractivity contribution in [3.63, 3.8) is 0 Å². The van der Waals surface area contributed by atoms with Gasteiger partial charge in [-0.25, -0.2) is 4.98 Å². The predicted octanol–water partition coefficient (Wildman–Crippen LogP) is 6.14. The highest BCUT2D eigenvalue weighted by Crippen LogP contribution is 2.25. The molecule has 138 valence electrons. The number of ketones is 1. The molecule has 0 spiro atoms. The molecular formula is C23H16Cl2N2O. The van der Waals surface area contributed by atoms with Crippen molar-refractivity contribution in [3.8, 4) is 11.3 Å². The lowest BCUT2D eigenvalue weighted by Gasteiger charge is -2.12. The van der Waals surface area contributed by atoms with E-state index in [4.69, 9.17) is 23.2 Å². The van der Waals surface area contributed by atoms with Crippen LogP contribution in [-0.2, 0) is 6.54 Å². The SMILES string of the molecule is O=C(c1ccc(Cl)cc1)c1ncc(-c2ccc(Cl)cc2)n1Cc1ccccc1. The second kappa shape index (κ2) is 8.01. The number of nitrogens with zero attached hydrogens (tertiary/aromatic N) is 2. The van der Waals surface area contributed by atoms with Crippen LogP contribution in [0.25, 0.3) is 11.3 Å².